The summed E-state index contributed by atoms with van der Waals surface area (Å²) in [6, 6.07) is 5.21. The number of piperazine rings is 1. The van der Waals surface area contributed by atoms with Gasteiger partial charge in [-0.25, -0.2) is 0 Å². The Hall–Kier alpha value is -1.80. The third-order valence-electron chi connectivity index (χ3n) is 3.57. The molecular weight excluding hydrogens is 311 g/mol. The SMILES string of the molecule is CC(NC(=O)CN1CCNCC1)c1ccc(OC(F)(F)F)cc1. The number of nitrogens with one attached hydrogen (secondary N) is 2. The molecule has 1 saturated heterocycles. The van der Waals surface area contributed by atoms with Gasteiger partial charge in [0.25, 0.3) is 0 Å². The molecule has 8 heteroatoms. The van der Waals surface area contributed by atoms with Crippen LogP contribution in [0.2, 0.25) is 0 Å². The lowest BCUT2D eigenvalue weighted by Crippen LogP contribution is -2.47. The summed E-state index contributed by atoms with van der Waals surface area (Å²) in [4.78, 5) is 14.1. The Morgan fingerprint density at radius 3 is 2.48 bits per heavy atom. The smallest absolute Gasteiger partial charge is 0.406 e. The Bertz CT molecular complexity index is 514. The van der Waals surface area contributed by atoms with Gasteiger partial charge in [-0.3, -0.25) is 9.69 Å². The summed E-state index contributed by atoms with van der Waals surface area (Å²) in [6.45, 7) is 5.49. The zero-order chi connectivity index (χ0) is 16.9. The van der Waals surface area contributed by atoms with Gasteiger partial charge >= 0.3 is 6.36 Å². The Morgan fingerprint density at radius 2 is 1.91 bits per heavy atom. The van der Waals surface area contributed by atoms with Crippen molar-refractivity contribution in [1.29, 1.82) is 0 Å². The highest BCUT2D eigenvalue weighted by atomic mass is 19.4. The molecule has 0 spiro atoms. The van der Waals surface area contributed by atoms with Crippen LogP contribution < -0.4 is 15.4 Å². The number of alkyl halides is 3. The van der Waals surface area contributed by atoms with Gasteiger partial charge in [-0.2, -0.15) is 0 Å². The molecule has 2 rings (SSSR count). The third kappa shape index (κ3) is 6.07. The molecule has 1 unspecified atom stereocenters. The second-order valence-corrected chi connectivity index (χ2v) is 5.43. The van der Waals surface area contributed by atoms with Crippen LogP contribution in [0, 0.1) is 0 Å². The molecule has 5 nitrogen and oxygen atoms in total. The van der Waals surface area contributed by atoms with Crippen molar-refractivity contribution in [2.24, 2.45) is 0 Å². The molecule has 1 aromatic rings. The summed E-state index contributed by atoms with van der Waals surface area (Å²) in [6.07, 6.45) is -4.70. The number of carbonyl (C=O) groups is 1. The average molecular weight is 331 g/mol. The third-order valence-corrected chi connectivity index (χ3v) is 3.57. The minimum absolute atomic E-state index is 0.102. The number of ether oxygens (including phenoxy) is 1. The zero-order valence-electron chi connectivity index (χ0n) is 12.8. The van der Waals surface area contributed by atoms with Gasteiger partial charge in [0.15, 0.2) is 0 Å². The van der Waals surface area contributed by atoms with Crippen LogP contribution in [0.25, 0.3) is 0 Å². The van der Waals surface area contributed by atoms with E-state index in [1.165, 1.54) is 24.3 Å². The van der Waals surface area contributed by atoms with Crippen LogP contribution >= 0.6 is 0 Å². The van der Waals surface area contributed by atoms with E-state index in [0.29, 0.717) is 12.1 Å². The van der Waals surface area contributed by atoms with Gasteiger partial charge in [0.2, 0.25) is 5.91 Å². The van der Waals surface area contributed by atoms with Crippen LogP contribution in [0.5, 0.6) is 5.75 Å². The predicted molar refractivity (Wildman–Crippen MR) is 79.0 cm³/mol. The standard InChI is InChI=1S/C15H20F3N3O2/c1-11(20-14(22)10-21-8-6-19-7-9-21)12-2-4-13(5-3-12)23-15(16,17)18/h2-5,11,19H,6-10H2,1H3,(H,20,22). The van der Waals surface area contributed by atoms with Gasteiger partial charge in [-0.1, -0.05) is 12.1 Å². The van der Waals surface area contributed by atoms with E-state index in [4.69, 9.17) is 0 Å². The van der Waals surface area contributed by atoms with E-state index in [0.717, 1.165) is 26.2 Å². The lowest BCUT2D eigenvalue weighted by molar-refractivity contribution is -0.274. The summed E-state index contributed by atoms with van der Waals surface area (Å²) in [5, 5.41) is 6.06. The molecule has 23 heavy (non-hydrogen) atoms. The van der Waals surface area contributed by atoms with Crippen LogP contribution in [-0.2, 0) is 4.79 Å². The minimum Gasteiger partial charge on any atom is -0.406 e. The summed E-state index contributed by atoms with van der Waals surface area (Å²) in [7, 11) is 0. The molecule has 0 saturated carbocycles. The highest BCUT2D eigenvalue weighted by Crippen LogP contribution is 2.24. The van der Waals surface area contributed by atoms with Crippen molar-refractivity contribution in [3.8, 4) is 5.75 Å². The molecule has 1 aliphatic rings. The summed E-state index contributed by atoms with van der Waals surface area (Å²) in [5.41, 5.74) is 0.716. The maximum Gasteiger partial charge on any atom is 0.573 e. The van der Waals surface area contributed by atoms with Crippen LogP contribution in [-0.4, -0.2) is 49.9 Å². The Labute approximate surface area is 132 Å². The van der Waals surface area contributed by atoms with Gasteiger partial charge in [-0.05, 0) is 24.6 Å². The van der Waals surface area contributed by atoms with Crippen LogP contribution in [0.15, 0.2) is 24.3 Å². The number of halogens is 3. The molecule has 1 atom stereocenters. The Kier molecular flexibility index (Phi) is 5.84. The second-order valence-electron chi connectivity index (χ2n) is 5.43. The summed E-state index contributed by atoms with van der Waals surface area (Å²) in [5.74, 6) is -0.379. The highest BCUT2D eigenvalue weighted by Gasteiger charge is 2.31. The zero-order valence-corrected chi connectivity index (χ0v) is 12.8. The van der Waals surface area contributed by atoms with E-state index in [2.05, 4.69) is 20.3 Å². The van der Waals surface area contributed by atoms with E-state index in [-0.39, 0.29) is 17.7 Å². The minimum atomic E-state index is -4.70. The van der Waals surface area contributed by atoms with Crippen molar-refractivity contribution in [2.45, 2.75) is 19.3 Å². The number of hydrogen-bond acceptors (Lipinski definition) is 4. The lowest BCUT2D eigenvalue weighted by Gasteiger charge is -2.27. The van der Waals surface area contributed by atoms with Gasteiger partial charge in [0.1, 0.15) is 5.75 Å². The summed E-state index contributed by atoms with van der Waals surface area (Å²) >= 11 is 0. The van der Waals surface area contributed by atoms with E-state index < -0.39 is 6.36 Å². The first-order valence-corrected chi connectivity index (χ1v) is 7.41. The van der Waals surface area contributed by atoms with Gasteiger partial charge in [-0.15, -0.1) is 13.2 Å². The molecule has 2 N–H and O–H groups in total. The van der Waals surface area contributed by atoms with Crippen LogP contribution in [0.1, 0.15) is 18.5 Å². The fraction of sp³-hybridized carbons (Fsp3) is 0.533. The Balaban J connectivity index is 1.84. The molecule has 0 bridgehead atoms. The van der Waals surface area contributed by atoms with Gasteiger partial charge < -0.3 is 15.4 Å². The molecule has 128 valence electrons. The normalized spacial score (nSPS) is 17.6. The number of rotatable bonds is 5. The predicted octanol–water partition coefficient (Wildman–Crippen LogP) is 1.67. The molecule has 1 fully saturated rings. The van der Waals surface area contributed by atoms with E-state index >= 15 is 0 Å². The molecule has 1 aromatic carbocycles. The maximum absolute atomic E-state index is 12.1. The highest BCUT2D eigenvalue weighted by molar-refractivity contribution is 5.78. The average Bonchev–Trinajstić information content (AvgIpc) is 2.47. The van der Waals surface area contributed by atoms with Crippen molar-refractivity contribution < 1.29 is 22.7 Å². The van der Waals surface area contributed by atoms with E-state index in [1.54, 1.807) is 6.92 Å². The molecule has 0 radical (unpaired) electrons. The maximum atomic E-state index is 12.1. The first-order valence-electron chi connectivity index (χ1n) is 7.41. The number of amides is 1. The molecule has 0 aromatic heterocycles. The molecule has 0 aliphatic carbocycles. The summed E-state index contributed by atoms with van der Waals surface area (Å²) < 4.78 is 40.1. The van der Waals surface area contributed by atoms with Crippen LogP contribution in [0.3, 0.4) is 0 Å². The van der Waals surface area contributed by atoms with E-state index in [9.17, 15) is 18.0 Å². The van der Waals surface area contributed by atoms with Gasteiger partial charge in [0, 0.05) is 26.2 Å². The monoisotopic (exact) mass is 331 g/mol. The number of nitrogens with zero attached hydrogens (tertiary/aromatic N) is 1. The molecule has 1 heterocycles. The molecule has 1 aliphatic heterocycles. The largest absolute Gasteiger partial charge is 0.573 e. The van der Waals surface area contributed by atoms with Crippen molar-refractivity contribution in [1.82, 2.24) is 15.5 Å². The first-order chi connectivity index (χ1) is 10.8. The van der Waals surface area contributed by atoms with E-state index in [1.807, 2.05) is 0 Å². The van der Waals surface area contributed by atoms with Crippen molar-refractivity contribution >= 4 is 5.91 Å². The molecular formula is C15H20F3N3O2. The number of hydrogen-bond donors (Lipinski definition) is 2. The fourth-order valence-corrected chi connectivity index (χ4v) is 2.40. The second kappa shape index (κ2) is 7.65. The van der Waals surface area contributed by atoms with Crippen molar-refractivity contribution in [2.75, 3.05) is 32.7 Å². The van der Waals surface area contributed by atoms with Gasteiger partial charge in [0.05, 0.1) is 12.6 Å². The topological polar surface area (TPSA) is 53.6 Å². The lowest BCUT2D eigenvalue weighted by atomic mass is 10.1. The van der Waals surface area contributed by atoms with Crippen molar-refractivity contribution in [3.05, 3.63) is 29.8 Å². The van der Waals surface area contributed by atoms with Crippen molar-refractivity contribution in [3.63, 3.8) is 0 Å². The fourth-order valence-electron chi connectivity index (χ4n) is 2.40. The van der Waals surface area contributed by atoms with Crippen LogP contribution in [0.4, 0.5) is 13.2 Å². The first kappa shape index (κ1) is 17.6. The Morgan fingerprint density at radius 1 is 1.30 bits per heavy atom. The molecule has 1 amide bonds. The quantitative estimate of drug-likeness (QED) is 0.862. The number of carbonyl (C=O) groups excluding carboxylic acids is 1. The number of benzene rings is 1.